The molecule has 1 atom stereocenters. The molecule has 0 amide bonds. The van der Waals surface area contributed by atoms with Crippen LogP contribution >= 0.6 is 0 Å². The van der Waals surface area contributed by atoms with Crippen molar-refractivity contribution in [2.24, 2.45) is 5.41 Å². The number of methoxy groups -OCH3 is 1. The summed E-state index contributed by atoms with van der Waals surface area (Å²) in [5.41, 5.74) is 4.00. The van der Waals surface area contributed by atoms with Crippen LogP contribution in [0.5, 0.6) is 5.88 Å². The van der Waals surface area contributed by atoms with Crippen molar-refractivity contribution in [1.82, 2.24) is 9.36 Å². The molecule has 0 aliphatic carbocycles. The lowest BCUT2D eigenvalue weighted by Gasteiger charge is -2.20. The van der Waals surface area contributed by atoms with Gasteiger partial charge in [-0.25, -0.2) is 4.68 Å². The summed E-state index contributed by atoms with van der Waals surface area (Å²) in [5.74, 6) is 0.0281. The van der Waals surface area contributed by atoms with Gasteiger partial charge in [-0.3, -0.25) is 14.3 Å². The Kier molecular flexibility index (Phi) is 6.79. The molecule has 2 heterocycles. The summed E-state index contributed by atoms with van der Waals surface area (Å²) in [6.07, 6.45) is 3.25. The number of hydrogen-bond donors (Lipinski definition) is 0. The molecule has 0 bridgehead atoms. The molecule has 3 rings (SSSR count). The van der Waals surface area contributed by atoms with E-state index in [1.165, 1.54) is 5.56 Å². The van der Waals surface area contributed by atoms with Crippen LogP contribution in [0.2, 0.25) is 0 Å². The van der Waals surface area contributed by atoms with Crippen molar-refractivity contribution in [2.45, 2.75) is 86.4 Å². The first-order valence-electron chi connectivity index (χ1n) is 11.3. The van der Waals surface area contributed by atoms with Gasteiger partial charge in [0.1, 0.15) is 5.56 Å². The minimum Gasteiger partial charge on any atom is -0.407 e. The van der Waals surface area contributed by atoms with Crippen LogP contribution < -0.4 is 10.3 Å². The number of esters is 1. The molecule has 6 heteroatoms. The van der Waals surface area contributed by atoms with Gasteiger partial charge in [0.25, 0.3) is 5.56 Å². The van der Waals surface area contributed by atoms with Crippen LogP contribution in [-0.2, 0) is 35.5 Å². The Morgan fingerprint density at radius 3 is 2.23 bits per heavy atom. The van der Waals surface area contributed by atoms with Crippen LogP contribution in [0.15, 0.2) is 16.9 Å². The highest BCUT2D eigenvalue weighted by molar-refractivity contribution is 5.82. The molecular weight excluding hydrogens is 392 g/mol. The van der Waals surface area contributed by atoms with Gasteiger partial charge < -0.3 is 9.47 Å². The zero-order chi connectivity index (χ0) is 22.9. The van der Waals surface area contributed by atoms with Crippen molar-refractivity contribution in [3.05, 3.63) is 39.2 Å². The summed E-state index contributed by atoms with van der Waals surface area (Å²) in [4.78, 5) is 26.7. The normalized spacial score (nSPS) is 16.7. The molecule has 0 spiro atoms. The Bertz CT molecular complexity index is 998. The van der Waals surface area contributed by atoms with Crippen LogP contribution in [0.25, 0.3) is 11.1 Å². The van der Waals surface area contributed by atoms with Crippen molar-refractivity contribution in [3.63, 3.8) is 0 Å². The van der Waals surface area contributed by atoms with Gasteiger partial charge in [0, 0.05) is 13.7 Å². The Balaban J connectivity index is 2.33. The molecule has 6 nitrogen and oxygen atoms in total. The third-order valence-electron chi connectivity index (χ3n) is 6.05. The van der Waals surface area contributed by atoms with Gasteiger partial charge in [0.15, 0.2) is 0 Å². The maximum absolute atomic E-state index is 13.8. The number of aromatic nitrogens is 2. The maximum Gasteiger partial charge on any atom is 0.317 e. The molecule has 2 aromatic rings. The van der Waals surface area contributed by atoms with Gasteiger partial charge in [0.05, 0.1) is 18.1 Å². The molecule has 31 heavy (non-hydrogen) atoms. The average molecular weight is 429 g/mol. The van der Waals surface area contributed by atoms with Crippen LogP contribution in [0, 0.1) is 12.3 Å². The Hall–Kier alpha value is -2.34. The lowest BCUT2D eigenvalue weighted by Crippen LogP contribution is -2.29. The SMILES string of the molecule is CCc1cc(C)cc(CC)c1-c1c(OC(=O)C(C)(C)C)n2n(c1=O)CC(OC)CCC2. The van der Waals surface area contributed by atoms with Gasteiger partial charge in [-0.05, 0) is 70.1 Å². The zero-order valence-corrected chi connectivity index (χ0v) is 20.0. The van der Waals surface area contributed by atoms with Gasteiger partial charge in [-0.15, -0.1) is 0 Å². The van der Waals surface area contributed by atoms with Crippen molar-refractivity contribution in [3.8, 4) is 17.0 Å². The predicted molar refractivity (Wildman–Crippen MR) is 123 cm³/mol. The fourth-order valence-corrected chi connectivity index (χ4v) is 4.30. The third kappa shape index (κ3) is 4.49. The summed E-state index contributed by atoms with van der Waals surface area (Å²) in [6.45, 7) is 12.8. The number of hydrogen-bond acceptors (Lipinski definition) is 4. The predicted octanol–water partition coefficient (Wildman–Crippen LogP) is 4.51. The molecule has 0 saturated heterocycles. The number of nitrogens with zero attached hydrogens (tertiary/aromatic N) is 2. The molecule has 0 saturated carbocycles. The summed E-state index contributed by atoms with van der Waals surface area (Å²) in [7, 11) is 1.68. The molecular formula is C25H36N2O4. The van der Waals surface area contributed by atoms with Crippen LogP contribution in [-0.4, -0.2) is 28.5 Å². The van der Waals surface area contributed by atoms with E-state index in [0.29, 0.717) is 24.5 Å². The standard InChI is InChI=1S/C25H36N2O4/c1-8-17-13-16(3)14-18(9-2)20(17)21-22(28)27-15-19(30-7)11-10-12-26(27)23(21)31-24(29)25(4,5)6/h13-14,19H,8-12,15H2,1-7H3. The summed E-state index contributed by atoms with van der Waals surface area (Å²) in [5, 5.41) is 0. The topological polar surface area (TPSA) is 62.5 Å². The largest absolute Gasteiger partial charge is 0.407 e. The lowest BCUT2D eigenvalue weighted by molar-refractivity contribution is -0.143. The molecule has 1 unspecified atom stereocenters. The van der Waals surface area contributed by atoms with E-state index in [-0.39, 0.29) is 17.6 Å². The van der Waals surface area contributed by atoms with Crippen molar-refractivity contribution in [1.29, 1.82) is 0 Å². The molecule has 170 valence electrons. The Morgan fingerprint density at radius 1 is 1.10 bits per heavy atom. The van der Waals surface area contributed by atoms with Gasteiger partial charge in [-0.2, -0.15) is 0 Å². The number of ether oxygens (including phenoxy) is 2. The number of rotatable bonds is 5. The number of fused-ring (bicyclic) bond motifs is 1. The van der Waals surface area contributed by atoms with E-state index >= 15 is 0 Å². The summed E-state index contributed by atoms with van der Waals surface area (Å²) in [6, 6.07) is 4.27. The second kappa shape index (κ2) is 9.03. The monoisotopic (exact) mass is 428 g/mol. The van der Waals surface area contributed by atoms with E-state index in [4.69, 9.17) is 9.47 Å². The fraction of sp³-hybridized carbons (Fsp3) is 0.600. The van der Waals surface area contributed by atoms with Gasteiger partial charge in [0.2, 0.25) is 5.88 Å². The van der Waals surface area contributed by atoms with Crippen LogP contribution in [0.1, 0.15) is 64.2 Å². The fourth-order valence-electron chi connectivity index (χ4n) is 4.30. The minimum atomic E-state index is -0.677. The van der Waals surface area contributed by atoms with Crippen LogP contribution in [0.3, 0.4) is 0 Å². The molecule has 1 aromatic carbocycles. The second-order valence-electron chi connectivity index (χ2n) is 9.50. The molecule has 0 N–H and O–H groups in total. The lowest BCUT2D eigenvalue weighted by atomic mass is 9.91. The first kappa shape index (κ1) is 23.3. The molecule has 0 fully saturated rings. The first-order valence-corrected chi connectivity index (χ1v) is 11.3. The van der Waals surface area contributed by atoms with Gasteiger partial charge in [-0.1, -0.05) is 31.5 Å². The summed E-state index contributed by atoms with van der Waals surface area (Å²) < 4.78 is 15.2. The molecule has 0 radical (unpaired) electrons. The maximum atomic E-state index is 13.8. The van der Waals surface area contributed by atoms with E-state index in [2.05, 4.69) is 32.9 Å². The highest BCUT2D eigenvalue weighted by Crippen LogP contribution is 2.37. The summed E-state index contributed by atoms with van der Waals surface area (Å²) >= 11 is 0. The Morgan fingerprint density at radius 2 is 1.71 bits per heavy atom. The van der Waals surface area contributed by atoms with Crippen molar-refractivity contribution in [2.75, 3.05) is 7.11 Å². The first-order chi connectivity index (χ1) is 14.6. The molecule has 1 aliphatic rings. The van der Waals surface area contributed by atoms with Crippen molar-refractivity contribution >= 4 is 5.97 Å². The third-order valence-corrected chi connectivity index (χ3v) is 6.05. The number of carbonyl (C=O) groups is 1. The highest BCUT2D eigenvalue weighted by Gasteiger charge is 2.33. The highest BCUT2D eigenvalue weighted by atomic mass is 16.5. The minimum absolute atomic E-state index is 0.0397. The Labute approximate surface area is 185 Å². The average Bonchev–Trinajstić information content (AvgIpc) is 2.87. The smallest absolute Gasteiger partial charge is 0.317 e. The quantitative estimate of drug-likeness (QED) is 0.658. The number of benzene rings is 1. The molecule has 1 aromatic heterocycles. The van der Waals surface area contributed by atoms with E-state index in [1.807, 2.05) is 25.5 Å². The number of aryl methyl sites for hydroxylation is 3. The van der Waals surface area contributed by atoms with Crippen molar-refractivity contribution < 1.29 is 14.3 Å². The van der Waals surface area contributed by atoms with Crippen LogP contribution in [0.4, 0.5) is 0 Å². The molecule has 1 aliphatic heterocycles. The van der Waals surface area contributed by atoms with E-state index < -0.39 is 5.41 Å². The zero-order valence-electron chi connectivity index (χ0n) is 20.0. The van der Waals surface area contributed by atoms with E-state index in [9.17, 15) is 9.59 Å². The van der Waals surface area contributed by atoms with E-state index in [0.717, 1.165) is 42.4 Å². The van der Waals surface area contributed by atoms with Gasteiger partial charge >= 0.3 is 5.97 Å². The van der Waals surface area contributed by atoms with E-state index in [1.54, 1.807) is 11.8 Å². The number of carbonyl (C=O) groups excluding carboxylic acids is 1. The second-order valence-corrected chi connectivity index (χ2v) is 9.50.